The first-order valence-electron chi connectivity index (χ1n) is 19.5. The molecule has 2 aromatic carbocycles. The first-order valence-corrected chi connectivity index (χ1v) is 19.5. The van der Waals surface area contributed by atoms with Crippen molar-refractivity contribution in [2.24, 2.45) is 0 Å². The number of benzene rings is 2. The quantitative estimate of drug-likeness (QED) is 0.123. The molecule has 2 aliphatic heterocycles. The summed E-state index contributed by atoms with van der Waals surface area (Å²) in [7, 11) is 1.54. The van der Waals surface area contributed by atoms with Crippen LogP contribution in [0.5, 0.6) is 11.5 Å². The first kappa shape index (κ1) is 42.8. The van der Waals surface area contributed by atoms with Crippen LogP contribution in [0.3, 0.4) is 0 Å². The van der Waals surface area contributed by atoms with E-state index in [0.717, 1.165) is 11.8 Å². The maximum Gasteiger partial charge on any atom is 0.407 e. The summed E-state index contributed by atoms with van der Waals surface area (Å²) in [5.41, 5.74) is 2.56. The van der Waals surface area contributed by atoms with E-state index in [1.165, 1.54) is 16.8 Å². The van der Waals surface area contributed by atoms with Crippen LogP contribution < -0.4 is 25.4 Å². The van der Waals surface area contributed by atoms with Crippen LogP contribution in [0.15, 0.2) is 48.8 Å². The molecule has 1 fully saturated rings. The lowest BCUT2D eigenvalue weighted by Crippen LogP contribution is -2.55. The van der Waals surface area contributed by atoms with E-state index in [2.05, 4.69) is 20.9 Å². The molecule has 0 aliphatic carbocycles. The van der Waals surface area contributed by atoms with E-state index in [1.807, 2.05) is 26.0 Å². The normalized spacial score (nSPS) is 14.4. The Balaban J connectivity index is 1.14. The molecule has 0 radical (unpaired) electrons. The van der Waals surface area contributed by atoms with Crippen molar-refractivity contribution >= 4 is 23.6 Å². The molecule has 15 nitrogen and oxygen atoms in total. The molecule has 0 bridgehead atoms. The standard InChI is InChI=1S/C42H51F2N7O8/c1-41(2,3)59-40(54)48-11-14-56-13-8-36(52)47-10-7-9-46-29-16-26(22-45-23-29)31-20-32-35(21-34(31)55-6)58-24-33-37(39(53)50-12-15-57-25-42(50,4)5)49-51(38(32)33)30-18-27(43)17-28(44)19-30/h16-23,46H,7-15,24-25H2,1-6H3,(H,47,52)(H,48,54). The van der Waals surface area contributed by atoms with Gasteiger partial charge in [-0.15, -0.1) is 0 Å². The molecule has 59 heavy (non-hydrogen) atoms. The monoisotopic (exact) mass is 819 g/mol. The van der Waals surface area contributed by atoms with Gasteiger partial charge in [-0.1, -0.05) is 0 Å². The predicted octanol–water partition coefficient (Wildman–Crippen LogP) is 5.88. The van der Waals surface area contributed by atoms with E-state index < -0.39 is 28.9 Å². The van der Waals surface area contributed by atoms with Gasteiger partial charge in [-0.3, -0.25) is 14.6 Å². The molecule has 2 aliphatic rings. The Morgan fingerprint density at radius 2 is 1.73 bits per heavy atom. The number of morpholine rings is 1. The van der Waals surface area contributed by atoms with Crippen LogP contribution in [0.25, 0.3) is 28.1 Å². The number of hydrogen-bond donors (Lipinski definition) is 3. The summed E-state index contributed by atoms with van der Waals surface area (Å²) in [5, 5.41) is 13.5. The molecule has 0 unspecified atom stereocenters. The molecular weight excluding hydrogens is 768 g/mol. The fraction of sp³-hybridized carbons (Fsp3) is 0.452. The second-order valence-corrected chi connectivity index (χ2v) is 15.8. The second-order valence-electron chi connectivity index (χ2n) is 15.8. The van der Waals surface area contributed by atoms with E-state index in [4.69, 9.17) is 28.8 Å². The number of anilines is 1. The number of carbonyl (C=O) groups is 3. The summed E-state index contributed by atoms with van der Waals surface area (Å²) < 4.78 is 59.0. The van der Waals surface area contributed by atoms with E-state index >= 15 is 0 Å². The second kappa shape index (κ2) is 18.4. The molecule has 1 saturated heterocycles. The van der Waals surface area contributed by atoms with Crippen molar-refractivity contribution in [1.29, 1.82) is 0 Å². The van der Waals surface area contributed by atoms with Crippen molar-refractivity contribution in [2.75, 3.05) is 65.0 Å². The van der Waals surface area contributed by atoms with Crippen molar-refractivity contribution in [2.45, 2.75) is 65.2 Å². The highest BCUT2D eigenvalue weighted by Gasteiger charge is 2.39. The zero-order valence-electron chi connectivity index (χ0n) is 34.2. The van der Waals surface area contributed by atoms with Gasteiger partial charge in [0.1, 0.15) is 35.3 Å². The maximum absolute atomic E-state index is 14.7. The number of rotatable bonds is 15. The van der Waals surface area contributed by atoms with E-state index in [0.29, 0.717) is 78.7 Å². The number of hydrogen-bond acceptors (Lipinski definition) is 11. The van der Waals surface area contributed by atoms with E-state index in [9.17, 15) is 23.2 Å². The summed E-state index contributed by atoms with van der Waals surface area (Å²) in [6, 6.07) is 8.59. The third-order valence-electron chi connectivity index (χ3n) is 9.54. The van der Waals surface area contributed by atoms with Gasteiger partial charge in [-0.05, 0) is 65.3 Å². The Morgan fingerprint density at radius 3 is 2.46 bits per heavy atom. The number of halogens is 2. The van der Waals surface area contributed by atoms with Crippen LogP contribution in [0, 0.1) is 11.6 Å². The number of fused-ring (bicyclic) bond motifs is 3. The number of alkyl carbamates (subject to hydrolysis) is 1. The van der Waals surface area contributed by atoms with E-state index in [1.54, 1.807) is 51.2 Å². The molecule has 0 spiro atoms. The Bertz CT molecular complexity index is 2150. The summed E-state index contributed by atoms with van der Waals surface area (Å²) in [6.45, 7) is 11.9. The van der Waals surface area contributed by atoms with Crippen molar-refractivity contribution < 1.29 is 46.8 Å². The number of ether oxygens (including phenoxy) is 5. The van der Waals surface area contributed by atoms with Crippen LogP contribution in [-0.2, 0) is 25.6 Å². The highest BCUT2D eigenvalue weighted by Crippen LogP contribution is 2.46. The number of aromatic nitrogens is 3. The highest BCUT2D eigenvalue weighted by molar-refractivity contribution is 5.97. The number of carbonyl (C=O) groups excluding carboxylic acids is 3. The molecule has 2 aromatic heterocycles. The number of amides is 3. The molecule has 3 N–H and O–H groups in total. The lowest BCUT2D eigenvalue weighted by Gasteiger charge is -2.41. The van der Waals surface area contributed by atoms with Gasteiger partial charge in [0.2, 0.25) is 5.91 Å². The number of nitrogens with one attached hydrogen (secondary N) is 3. The predicted molar refractivity (Wildman–Crippen MR) is 215 cm³/mol. The summed E-state index contributed by atoms with van der Waals surface area (Å²) >= 11 is 0. The van der Waals surface area contributed by atoms with Crippen LogP contribution >= 0.6 is 0 Å². The van der Waals surface area contributed by atoms with E-state index in [-0.39, 0.29) is 56.0 Å². The zero-order chi connectivity index (χ0) is 42.3. The molecule has 17 heteroatoms. The average molecular weight is 820 g/mol. The summed E-state index contributed by atoms with van der Waals surface area (Å²) in [5.74, 6) is -1.14. The van der Waals surface area contributed by atoms with Gasteiger partial charge < -0.3 is 44.5 Å². The maximum atomic E-state index is 14.7. The minimum Gasteiger partial charge on any atom is -0.496 e. The molecule has 316 valence electrons. The van der Waals surface area contributed by atoms with Gasteiger partial charge in [-0.25, -0.2) is 18.3 Å². The fourth-order valence-corrected chi connectivity index (χ4v) is 6.78. The molecule has 4 aromatic rings. The van der Waals surface area contributed by atoms with Gasteiger partial charge in [0.05, 0.1) is 56.1 Å². The first-order chi connectivity index (χ1) is 28.1. The van der Waals surface area contributed by atoms with Gasteiger partial charge in [0.15, 0.2) is 5.69 Å². The largest absolute Gasteiger partial charge is 0.496 e. The highest BCUT2D eigenvalue weighted by atomic mass is 19.1. The lowest BCUT2D eigenvalue weighted by atomic mass is 9.95. The lowest BCUT2D eigenvalue weighted by molar-refractivity contribution is -0.122. The minimum atomic E-state index is -0.792. The van der Waals surface area contributed by atoms with Gasteiger partial charge in [-0.2, -0.15) is 5.10 Å². The number of methoxy groups -OCH3 is 1. The summed E-state index contributed by atoms with van der Waals surface area (Å²) in [4.78, 5) is 44.3. The van der Waals surface area contributed by atoms with Gasteiger partial charge >= 0.3 is 6.09 Å². The van der Waals surface area contributed by atoms with Crippen molar-refractivity contribution in [3.8, 4) is 39.6 Å². The van der Waals surface area contributed by atoms with Crippen molar-refractivity contribution in [3.63, 3.8) is 0 Å². The third-order valence-corrected chi connectivity index (χ3v) is 9.54. The summed E-state index contributed by atoms with van der Waals surface area (Å²) in [6.07, 6.45) is 3.66. The van der Waals surface area contributed by atoms with Gasteiger partial charge in [0, 0.05) is 79.4 Å². The Hall–Kier alpha value is -5.81. The SMILES string of the molecule is COc1cc2c(cc1-c1cncc(NCCCNC(=O)CCOCCNC(=O)OC(C)(C)C)c1)-c1c(c(C(=O)N3CCOCC3(C)C)nn1-c1cc(F)cc(F)c1)CO2. The Kier molecular flexibility index (Phi) is 13.4. The molecule has 0 atom stereocenters. The molecule has 3 amide bonds. The van der Waals surface area contributed by atoms with Crippen LogP contribution in [0.2, 0.25) is 0 Å². The fourth-order valence-electron chi connectivity index (χ4n) is 6.78. The average Bonchev–Trinajstić information content (AvgIpc) is 3.57. The Labute approximate surface area is 341 Å². The van der Waals surface area contributed by atoms with Crippen LogP contribution in [0.1, 0.15) is 63.5 Å². The molecule has 4 heterocycles. The smallest absolute Gasteiger partial charge is 0.407 e. The van der Waals surface area contributed by atoms with Crippen LogP contribution in [0.4, 0.5) is 19.3 Å². The topological polar surface area (TPSA) is 167 Å². The number of nitrogens with zero attached hydrogens (tertiary/aromatic N) is 4. The number of pyridine rings is 1. The molecule has 0 saturated carbocycles. The minimum absolute atomic E-state index is 0.0151. The van der Waals surface area contributed by atoms with Crippen molar-refractivity contribution in [1.82, 2.24) is 30.3 Å². The zero-order valence-corrected chi connectivity index (χ0v) is 34.2. The third kappa shape index (κ3) is 10.6. The van der Waals surface area contributed by atoms with Gasteiger partial charge in [0.25, 0.3) is 5.91 Å². The van der Waals surface area contributed by atoms with Crippen molar-refractivity contribution in [3.05, 3.63) is 71.7 Å². The molecule has 6 rings (SSSR count). The molecular formula is C42H51F2N7O8. The van der Waals surface area contributed by atoms with Crippen LogP contribution in [-0.4, -0.2) is 108 Å². The Morgan fingerprint density at radius 1 is 0.949 bits per heavy atom.